The molecule has 0 saturated heterocycles. The van der Waals surface area contributed by atoms with Crippen LogP contribution in [0.5, 0.6) is 0 Å². The molecule has 2 aliphatic carbocycles. The highest BCUT2D eigenvalue weighted by atomic mass is 32.2. The van der Waals surface area contributed by atoms with E-state index in [4.69, 9.17) is 9.73 Å². The van der Waals surface area contributed by atoms with Crippen LogP contribution < -0.4 is 5.32 Å². The number of rotatable bonds is 4. The first-order chi connectivity index (χ1) is 16.1. The molecule has 2 aromatic rings. The smallest absolute Gasteiger partial charge is 0.257 e. The van der Waals surface area contributed by atoms with E-state index < -0.39 is 17.2 Å². The van der Waals surface area contributed by atoms with Gasteiger partial charge in [0.05, 0.1) is 6.10 Å². The van der Waals surface area contributed by atoms with E-state index in [1.165, 1.54) is 5.57 Å². The molecule has 6 heteroatoms. The van der Waals surface area contributed by atoms with Crippen molar-refractivity contribution in [1.29, 1.82) is 0 Å². The zero-order valence-electron chi connectivity index (χ0n) is 18.6. The molecule has 2 aromatic carbocycles. The fourth-order valence-corrected chi connectivity index (χ4v) is 6.65. The quantitative estimate of drug-likeness (QED) is 0.707. The summed E-state index contributed by atoms with van der Waals surface area (Å²) in [4.78, 5) is 18.0. The van der Waals surface area contributed by atoms with Gasteiger partial charge in [-0.1, -0.05) is 78.5 Å². The summed E-state index contributed by atoms with van der Waals surface area (Å²) >= 11 is 1.55. The lowest BCUT2D eigenvalue weighted by Gasteiger charge is -2.50. The van der Waals surface area contributed by atoms with Crippen LogP contribution in [0.15, 0.2) is 83.9 Å². The van der Waals surface area contributed by atoms with Gasteiger partial charge >= 0.3 is 0 Å². The highest BCUT2D eigenvalue weighted by Crippen LogP contribution is 2.55. The Balaban J connectivity index is 1.51. The molecule has 1 fully saturated rings. The van der Waals surface area contributed by atoms with E-state index in [1.807, 2.05) is 42.5 Å². The van der Waals surface area contributed by atoms with Gasteiger partial charge in [-0.05, 0) is 35.6 Å². The molecular formula is C27H28N2O3S. The Bertz CT molecular complexity index is 1110. The lowest BCUT2D eigenvalue weighted by atomic mass is 9.68. The topological polar surface area (TPSA) is 70.9 Å². The number of hydrogen-bond donors (Lipinski definition) is 2. The van der Waals surface area contributed by atoms with Gasteiger partial charge in [0.1, 0.15) is 11.1 Å². The first-order valence-corrected chi connectivity index (χ1v) is 12.3. The van der Waals surface area contributed by atoms with Crippen LogP contribution in [0.1, 0.15) is 35.2 Å². The van der Waals surface area contributed by atoms with E-state index in [9.17, 15) is 9.90 Å². The number of methoxy groups -OCH3 is 1. The monoisotopic (exact) mass is 460 g/mol. The number of thioether (sulfide) groups is 1. The zero-order valence-corrected chi connectivity index (χ0v) is 19.4. The normalized spacial score (nSPS) is 30.8. The van der Waals surface area contributed by atoms with E-state index in [0.717, 1.165) is 11.3 Å². The molecule has 1 amide bonds. The van der Waals surface area contributed by atoms with Crippen LogP contribution in [0.3, 0.4) is 0 Å². The van der Waals surface area contributed by atoms with Gasteiger partial charge in [0.25, 0.3) is 5.91 Å². The molecule has 5 nitrogen and oxygen atoms in total. The minimum absolute atomic E-state index is 0.148. The van der Waals surface area contributed by atoms with Crippen molar-refractivity contribution >= 4 is 28.4 Å². The van der Waals surface area contributed by atoms with Crippen molar-refractivity contribution in [3.63, 3.8) is 0 Å². The van der Waals surface area contributed by atoms with E-state index in [2.05, 4.69) is 29.6 Å². The van der Waals surface area contributed by atoms with Crippen LogP contribution in [0.2, 0.25) is 0 Å². The Morgan fingerprint density at radius 3 is 2.61 bits per heavy atom. The minimum Gasteiger partial charge on any atom is -0.393 e. The molecule has 4 atom stereocenters. The Kier molecular flexibility index (Phi) is 5.99. The molecule has 0 aromatic heterocycles. The van der Waals surface area contributed by atoms with Crippen molar-refractivity contribution in [3.05, 3.63) is 90.0 Å². The molecule has 1 heterocycles. The second-order valence-corrected chi connectivity index (χ2v) is 9.96. The Morgan fingerprint density at radius 2 is 1.88 bits per heavy atom. The van der Waals surface area contributed by atoms with Gasteiger partial charge in [-0.25, -0.2) is 0 Å². The molecule has 1 saturated carbocycles. The highest BCUT2D eigenvalue weighted by molar-refractivity contribution is 8.13. The number of ether oxygens (including phenoxy) is 1. The summed E-state index contributed by atoms with van der Waals surface area (Å²) in [5, 5.41) is 14.3. The van der Waals surface area contributed by atoms with Crippen LogP contribution in [-0.2, 0) is 4.74 Å². The van der Waals surface area contributed by atoms with Crippen molar-refractivity contribution in [2.75, 3.05) is 12.9 Å². The number of benzene rings is 2. The molecule has 1 aliphatic heterocycles. The summed E-state index contributed by atoms with van der Waals surface area (Å²) in [6.45, 7) is 0. The van der Waals surface area contributed by atoms with Crippen molar-refractivity contribution in [2.45, 2.75) is 36.5 Å². The number of nitrogens with zero attached hydrogens (tertiary/aromatic N) is 1. The van der Waals surface area contributed by atoms with Crippen LogP contribution in [0.25, 0.3) is 5.57 Å². The predicted molar refractivity (Wildman–Crippen MR) is 133 cm³/mol. The van der Waals surface area contributed by atoms with Crippen LogP contribution >= 0.6 is 11.8 Å². The van der Waals surface area contributed by atoms with E-state index in [-0.39, 0.29) is 11.8 Å². The lowest BCUT2D eigenvalue weighted by molar-refractivity contribution is -0.0439. The van der Waals surface area contributed by atoms with Gasteiger partial charge in [0, 0.05) is 31.3 Å². The summed E-state index contributed by atoms with van der Waals surface area (Å²) in [5.74, 6) is 0.744. The lowest BCUT2D eigenvalue weighted by Crippen LogP contribution is -2.59. The number of nitrogens with one attached hydrogen (secondary N) is 1. The molecule has 5 rings (SSSR count). The van der Waals surface area contributed by atoms with Crippen LogP contribution in [-0.4, -0.2) is 46.3 Å². The maximum atomic E-state index is 12.8. The van der Waals surface area contributed by atoms with Gasteiger partial charge in [-0.2, -0.15) is 0 Å². The third-order valence-corrected chi connectivity index (χ3v) is 8.15. The van der Waals surface area contributed by atoms with Crippen LogP contribution in [0, 0.1) is 5.92 Å². The summed E-state index contributed by atoms with van der Waals surface area (Å²) < 4.78 is 6.29. The minimum atomic E-state index is -0.710. The number of fused-ring (bicyclic) bond motifs is 1. The molecular weight excluding hydrogens is 432 g/mol. The second-order valence-electron chi connectivity index (χ2n) is 8.95. The number of aliphatic imine (C=N–C) groups is 1. The fourth-order valence-electron chi connectivity index (χ4n) is 5.49. The number of allylic oxidation sites excluding steroid dienone is 2. The number of carbonyl (C=O) groups excluding carboxylic acids is 1. The summed E-state index contributed by atoms with van der Waals surface area (Å²) in [7, 11) is 1.73. The number of amidine groups is 1. The largest absolute Gasteiger partial charge is 0.393 e. The first-order valence-electron chi connectivity index (χ1n) is 11.3. The molecule has 2 N–H and O–H groups in total. The fraction of sp³-hybridized carbons (Fsp3) is 0.333. The molecule has 3 aliphatic rings. The molecule has 0 bridgehead atoms. The maximum absolute atomic E-state index is 12.8. The summed E-state index contributed by atoms with van der Waals surface area (Å²) in [6.07, 6.45) is 7.66. The summed E-state index contributed by atoms with van der Waals surface area (Å²) in [5.41, 5.74) is 1.56. The Labute approximate surface area is 198 Å². The zero-order chi connectivity index (χ0) is 22.9. The number of aliphatic hydroxyl groups excluding tert-OH is 1. The Hall–Kier alpha value is -2.67. The Morgan fingerprint density at radius 1 is 1.15 bits per heavy atom. The van der Waals surface area contributed by atoms with Gasteiger partial charge in [0.15, 0.2) is 5.17 Å². The standard InChI is InChI=1S/C27H28N2O3S/c1-32-26(14-8-13-21(16-26)19-9-4-2-5-10-19)27-17-23(30)15-22(27)18-33-25(29-27)28-24(31)20-11-6-3-7-12-20/h2-14,22-23,30H,15-18H2,1H3,(H,28,29,31)/t22-,23+,26?,27-/m0/s1. The van der Waals surface area contributed by atoms with Gasteiger partial charge < -0.3 is 15.2 Å². The predicted octanol–water partition coefficient (Wildman–Crippen LogP) is 4.46. The molecule has 33 heavy (non-hydrogen) atoms. The van der Waals surface area contributed by atoms with Crippen molar-refractivity contribution in [1.82, 2.24) is 5.32 Å². The third-order valence-electron chi connectivity index (χ3n) is 7.12. The van der Waals surface area contributed by atoms with E-state index in [0.29, 0.717) is 30.0 Å². The number of hydrogen-bond acceptors (Lipinski definition) is 5. The van der Waals surface area contributed by atoms with Crippen molar-refractivity contribution in [2.24, 2.45) is 10.9 Å². The number of amides is 1. The number of aliphatic hydroxyl groups is 1. The van der Waals surface area contributed by atoms with Gasteiger partial charge in [0.2, 0.25) is 0 Å². The first kappa shape index (κ1) is 22.1. The van der Waals surface area contributed by atoms with Gasteiger partial charge in [-0.3, -0.25) is 9.79 Å². The molecule has 0 spiro atoms. The van der Waals surface area contributed by atoms with Gasteiger partial charge in [-0.15, -0.1) is 0 Å². The maximum Gasteiger partial charge on any atom is 0.257 e. The van der Waals surface area contributed by atoms with Crippen molar-refractivity contribution in [3.8, 4) is 0 Å². The average Bonchev–Trinajstić information content (AvgIpc) is 3.21. The SMILES string of the molecule is COC1([C@]23C[C@H](O)C[C@H]2CSC(NC(=O)c2ccccc2)=N3)C=CC=C(c2ccccc2)C1. The molecule has 170 valence electrons. The van der Waals surface area contributed by atoms with E-state index in [1.54, 1.807) is 31.0 Å². The molecule has 1 unspecified atom stereocenters. The molecule has 0 radical (unpaired) electrons. The summed E-state index contributed by atoms with van der Waals surface area (Å²) in [6, 6.07) is 19.5. The van der Waals surface area contributed by atoms with E-state index >= 15 is 0 Å². The second kappa shape index (κ2) is 8.93. The van der Waals surface area contributed by atoms with Crippen molar-refractivity contribution < 1.29 is 14.6 Å². The third kappa shape index (κ3) is 3.97. The number of carbonyl (C=O) groups is 1. The highest BCUT2D eigenvalue weighted by Gasteiger charge is 2.61. The van der Waals surface area contributed by atoms with Crippen LogP contribution in [0.4, 0.5) is 0 Å². The average molecular weight is 461 g/mol.